The molecule has 2 nitrogen and oxygen atoms in total. The lowest BCUT2D eigenvalue weighted by molar-refractivity contribution is -0.141. The molecule has 88 valence electrons. The maximum atomic E-state index is 12.5. The van der Waals surface area contributed by atoms with Crippen LogP contribution in [-0.2, 0) is 6.18 Å². The standard InChI is InChI=1S/C10H10BrF3N2/c11-8-5-16-9(10(12,13)14)3-7(8)6-1-2-15-4-6/h3,5-6,15H,1-2,4H2. The van der Waals surface area contributed by atoms with E-state index in [2.05, 4.69) is 26.2 Å². The number of halogens is 4. The number of hydrogen-bond donors (Lipinski definition) is 1. The first-order valence-corrected chi connectivity index (χ1v) is 5.71. The molecule has 1 unspecified atom stereocenters. The van der Waals surface area contributed by atoms with E-state index in [1.54, 1.807) is 0 Å². The van der Waals surface area contributed by atoms with E-state index >= 15 is 0 Å². The van der Waals surface area contributed by atoms with Gasteiger partial charge in [0.05, 0.1) is 0 Å². The Morgan fingerprint density at radius 2 is 2.19 bits per heavy atom. The first kappa shape index (κ1) is 11.9. The van der Waals surface area contributed by atoms with Crippen molar-refractivity contribution in [2.75, 3.05) is 13.1 Å². The third-order valence-corrected chi connectivity index (χ3v) is 3.34. The molecule has 0 aromatic carbocycles. The Morgan fingerprint density at radius 3 is 2.75 bits per heavy atom. The Kier molecular flexibility index (Phi) is 3.21. The number of nitrogens with one attached hydrogen (secondary N) is 1. The molecule has 1 aromatic rings. The summed E-state index contributed by atoms with van der Waals surface area (Å²) in [6, 6.07) is 1.14. The lowest BCUT2D eigenvalue weighted by atomic mass is 9.99. The van der Waals surface area contributed by atoms with Crippen LogP contribution < -0.4 is 5.32 Å². The second kappa shape index (κ2) is 4.33. The van der Waals surface area contributed by atoms with Crippen LogP contribution in [0.15, 0.2) is 16.7 Å². The van der Waals surface area contributed by atoms with E-state index in [1.165, 1.54) is 6.20 Å². The van der Waals surface area contributed by atoms with E-state index in [1.807, 2.05) is 0 Å². The topological polar surface area (TPSA) is 24.9 Å². The minimum Gasteiger partial charge on any atom is -0.316 e. The van der Waals surface area contributed by atoms with Gasteiger partial charge in [0.15, 0.2) is 0 Å². The molecule has 16 heavy (non-hydrogen) atoms. The molecule has 1 atom stereocenters. The van der Waals surface area contributed by atoms with E-state index in [9.17, 15) is 13.2 Å². The highest BCUT2D eigenvalue weighted by atomic mass is 79.9. The van der Waals surface area contributed by atoms with Crippen LogP contribution in [0.5, 0.6) is 0 Å². The zero-order valence-electron chi connectivity index (χ0n) is 8.31. The number of alkyl halides is 3. The molecule has 6 heteroatoms. The van der Waals surface area contributed by atoms with E-state index in [-0.39, 0.29) is 5.92 Å². The summed E-state index contributed by atoms with van der Waals surface area (Å²) in [4.78, 5) is 3.39. The van der Waals surface area contributed by atoms with Crippen molar-refractivity contribution in [2.24, 2.45) is 0 Å². The van der Waals surface area contributed by atoms with Crippen molar-refractivity contribution in [1.29, 1.82) is 0 Å². The number of aromatic nitrogens is 1. The lowest BCUT2D eigenvalue weighted by Crippen LogP contribution is -2.12. The first-order valence-electron chi connectivity index (χ1n) is 4.92. The summed E-state index contributed by atoms with van der Waals surface area (Å²) in [5.74, 6) is 0.137. The predicted molar refractivity (Wildman–Crippen MR) is 57.2 cm³/mol. The Morgan fingerprint density at radius 1 is 1.44 bits per heavy atom. The summed E-state index contributed by atoms with van der Waals surface area (Å²) < 4.78 is 38.1. The van der Waals surface area contributed by atoms with Crippen molar-refractivity contribution in [3.05, 3.63) is 28.0 Å². The van der Waals surface area contributed by atoms with Gasteiger partial charge in [-0.25, -0.2) is 0 Å². The number of nitrogens with zero attached hydrogens (tertiary/aromatic N) is 1. The number of pyridine rings is 1. The highest BCUT2D eigenvalue weighted by Crippen LogP contribution is 2.34. The Balaban J connectivity index is 2.36. The molecule has 0 radical (unpaired) electrons. The van der Waals surface area contributed by atoms with Crippen LogP contribution in [0.25, 0.3) is 0 Å². The molecule has 1 aromatic heterocycles. The Labute approximate surface area is 99.4 Å². The van der Waals surface area contributed by atoms with Gasteiger partial charge >= 0.3 is 6.18 Å². The first-order chi connectivity index (χ1) is 7.48. The van der Waals surface area contributed by atoms with Gasteiger partial charge in [-0.05, 0) is 46.4 Å². The molecule has 0 spiro atoms. The van der Waals surface area contributed by atoms with Gasteiger partial charge in [0.1, 0.15) is 5.69 Å². The van der Waals surface area contributed by atoms with Gasteiger partial charge in [-0.15, -0.1) is 0 Å². The quantitative estimate of drug-likeness (QED) is 0.861. The molecule has 2 rings (SSSR count). The van der Waals surface area contributed by atoms with Gasteiger partial charge in [0, 0.05) is 17.2 Å². The highest BCUT2D eigenvalue weighted by Gasteiger charge is 2.33. The minimum atomic E-state index is -4.37. The van der Waals surface area contributed by atoms with Crippen LogP contribution in [0.2, 0.25) is 0 Å². The number of rotatable bonds is 1. The van der Waals surface area contributed by atoms with E-state index < -0.39 is 11.9 Å². The van der Waals surface area contributed by atoms with Crippen molar-refractivity contribution >= 4 is 15.9 Å². The van der Waals surface area contributed by atoms with Crippen LogP contribution in [0, 0.1) is 0 Å². The lowest BCUT2D eigenvalue weighted by Gasteiger charge is -2.13. The van der Waals surface area contributed by atoms with Crippen LogP contribution >= 0.6 is 15.9 Å². The van der Waals surface area contributed by atoms with E-state index in [4.69, 9.17) is 0 Å². The predicted octanol–water partition coefficient (Wildman–Crippen LogP) is 2.94. The average molecular weight is 295 g/mol. The fraction of sp³-hybridized carbons (Fsp3) is 0.500. The summed E-state index contributed by atoms with van der Waals surface area (Å²) in [7, 11) is 0. The van der Waals surface area contributed by atoms with Gasteiger partial charge in [0.25, 0.3) is 0 Å². The average Bonchev–Trinajstić information content (AvgIpc) is 2.69. The van der Waals surface area contributed by atoms with Crippen molar-refractivity contribution < 1.29 is 13.2 Å². The molecule has 2 heterocycles. The van der Waals surface area contributed by atoms with Gasteiger partial charge in [-0.3, -0.25) is 4.98 Å². The molecular weight excluding hydrogens is 285 g/mol. The van der Waals surface area contributed by atoms with Crippen LogP contribution in [0.1, 0.15) is 23.6 Å². The van der Waals surface area contributed by atoms with Crippen molar-refractivity contribution in [2.45, 2.75) is 18.5 Å². The molecule has 1 fully saturated rings. The number of hydrogen-bond acceptors (Lipinski definition) is 2. The molecule has 1 aliphatic heterocycles. The molecule has 1 aliphatic rings. The summed E-state index contributed by atoms with van der Waals surface area (Å²) in [5.41, 5.74) is -0.134. The SMILES string of the molecule is FC(F)(F)c1cc(C2CCNC2)c(Br)cn1. The van der Waals surface area contributed by atoms with Gasteiger partial charge in [-0.1, -0.05) is 0 Å². The zero-order chi connectivity index (χ0) is 11.8. The van der Waals surface area contributed by atoms with Gasteiger partial charge < -0.3 is 5.32 Å². The van der Waals surface area contributed by atoms with Gasteiger partial charge in [0.2, 0.25) is 0 Å². The van der Waals surface area contributed by atoms with E-state index in [0.29, 0.717) is 10.0 Å². The highest BCUT2D eigenvalue weighted by molar-refractivity contribution is 9.10. The molecule has 1 N–H and O–H groups in total. The Hall–Kier alpha value is -0.620. The molecule has 1 saturated heterocycles. The summed E-state index contributed by atoms with van der Waals surface area (Å²) >= 11 is 3.25. The second-order valence-corrected chi connectivity index (χ2v) is 4.63. The monoisotopic (exact) mass is 294 g/mol. The molecular formula is C10H10BrF3N2. The van der Waals surface area contributed by atoms with Crippen molar-refractivity contribution in [3.8, 4) is 0 Å². The summed E-state index contributed by atoms with van der Waals surface area (Å²) in [6.45, 7) is 1.57. The third kappa shape index (κ3) is 2.38. The molecule has 0 bridgehead atoms. The van der Waals surface area contributed by atoms with Crippen LogP contribution in [0.3, 0.4) is 0 Å². The second-order valence-electron chi connectivity index (χ2n) is 3.78. The minimum absolute atomic E-state index is 0.137. The smallest absolute Gasteiger partial charge is 0.316 e. The van der Waals surface area contributed by atoms with Crippen LogP contribution in [0.4, 0.5) is 13.2 Å². The molecule has 0 amide bonds. The summed E-state index contributed by atoms with van der Waals surface area (Å²) in [5, 5.41) is 3.13. The largest absolute Gasteiger partial charge is 0.433 e. The molecule has 0 saturated carbocycles. The maximum absolute atomic E-state index is 12.5. The fourth-order valence-corrected chi connectivity index (χ4v) is 2.38. The van der Waals surface area contributed by atoms with Crippen molar-refractivity contribution in [1.82, 2.24) is 10.3 Å². The Bertz CT molecular complexity index is 386. The van der Waals surface area contributed by atoms with Crippen molar-refractivity contribution in [3.63, 3.8) is 0 Å². The normalized spacial score (nSPS) is 21.4. The zero-order valence-corrected chi connectivity index (χ0v) is 9.90. The third-order valence-electron chi connectivity index (χ3n) is 2.68. The van der Waals surface area contributed by atoms with Gasteiger partial charge in [-0.2, -0.15) is 13.2 Å². The summed E-state index contributed by atoms with van der Waals surface area (Å²) in [6.07, 6.45) is -2.28. The van der Waals surface area contributed by atoms with E-state index in [0.717, 1.165) is 25.6 Å². The maximum Gasteiger partial charge on any atom is 0.433 e. The molecule has 0 aliphatic carbocycles. The van der Waals surface area contributed by atoms with Crippen LogP contribution in [-0.4, -0.2) is 18.1 Å². The fourth-order valence-electron chi connectivity index (χ4n) is 1.84.